The molecule has 0 aliphatic carbocycles. The Hall–Kier alpha value is -2.04. The van der Waals surface area contributed by atoms with Gasteiger partial charge in [-0.05, 0) is 48.7 Å². The molecule has 0 spiro atoms. The van der Waals surface area contributed by atoms with Gasteiger partial charge in [0.1, 0.15) is 5.75 Å². The van der Waals surface area contributed by atoms with Crippen molar-refractivity contribution in [3.63, 3.8) is 0 Å². The highest BCUT2D eigenvalue weighted by molar-refractivity contribution is 6.32. The Balaban J connectivity index is 1.57. The monoisotopic (exact) mass is 358 g/mol. The lowest BCUT2D eigenvalue weighted by atomic mass is 9.95. The second-order valence-electron chi connectivity index (χ2n) is 6.44. The van der Waals surface area contributed by atoms with Gasteiger partial charge in [0.2, 0.25) is 0 Å². The Bertz CT molecular complexity index is 721. The average molecular weight is 359 g/mol. The van der Waals surface area contributed by atoms with Crippen molar-refractivity contribution in [1.82, 2.24) is 10.6 Å². The van der Waals surface area contributed by atoms with Crippen LogP contribution in [0.3, 0.4) is 0 Å². The maximum Gasteiger partial charge on any atom is 0.258 e. The fourth-order valence-corrected chi connectivity index (χ4v) is 3.28. The van der Waals surface area contributed by atoms with E-state index in [-0.39, 0.29) is 18.6 Å². The zero-order valence-electron chi connectivity index (χ0n) is 14.3. The predicted octanol–water partition coefficient (Wildman–Crippen LogP) is 3.50. The second kappa shape index (κ2) is 8.37. The van der Waals surface area contributed by atoms with E-state index in [1.165, 1.54) is 0 Å². The minimum absolute atomic E-state index is 0.0267. The molecule has 1 aliphatic rings. The van der Waals surface area contributed by atoms with E-state index in [0.717, 1.165) is 30.6 Å². The van der Waals surface area contributed by atoms with Gasteiger partial charge in [-0.1, -0.05) is 54.9 Å². The molecule has 3 rings (SSSR count). The first-order valence-electron chi connectivity index (χ1n) is 8.61. The van der Waals surface area contributed by atoms with Gasteiger partial charge in [-0.15, -0.1) is 0 Å². The number of piperidine rings is 1. The molecule has 1 saturated heterocycles. The van der Waals surface area contributed by atoms with Crippen LogP contribution in [0.1, 0.15) is 13.3 Å². The van der Waals surface area contributed by atoms with Crippen LogP contribution >= 0.6 is 11.6 Å². The molecule has 5 heteroatoms. The first-order chi connectivity index (χ1) is 12.1. The first-order valence-corrected chi connectivity index (χ1v) is 8.99. The van der Waals surface area contributed by atoms with Crippen molar-refractivity contribution in [3.05, 3.63) is 53.6 Å². The van der Waals surface area contributed by atoms with Gasteiger partial charge >= 0.3 is 0 Å². The zero-order valence-corrected chi connectivity index (χ0v) is 15.1. The van der Waals surface area contributed by atoms with Gasteiger partial charge in [0.05, 0.1) is 5.02 Å². The fraction of sp³-hybridized carbons (Fsp3) is 0.350. The normalized spacial score (nSPS) is 20.1. The Morgan fingerprint density at radius 2 is 2.04 bits per heavy atom. The summed E-state index contributed by atoms with van der Waals surface area (Å²) >= 11 is 6.31. The molecule has 25 heavy (non-hydrogen) atoms. The molecule has 2 aromatic rings. The molecule has 0 radical (unpaired) electrons. The highest BCUT2D eigenvalue weighted by Crippen LogP contribution is 2.30. The molecule has 1 aliphatic heterocycles. The summed E-state index contributed by atoms with van der Waals surface area (Å²) in [5.41, 5.74) is 2.11. The van der Waals surface area contributed by atoms with Crippen LogP contribution in [0.4, 0.5) is 0 Å². The molecule has 4 nitrogen and oxygen atoms in total. The van der Waals surface area contributed by atoms with Gasteiger partial charge in [0.15, 0.2) is 6.61 Å². The quantitative estimate of drug-likeness (QED) is 0.860. The van der Waals surface area contributed by atoms with Crippen molar-refractivity contribution in [1.29, 1.82) is 0 Å². The number of ether oxygens (including phenoxy) is 1. The van der Waals surface area contributed by atoms with Gasteiger partial charge in [0, 0.05) is 6.04 Å². The van der Waals surface area contributed by atoms with E-state index >= 15 is 0 Å². The van der Waals surface area contributed by atoms with Crippen molar-refractivity contribution in [2.75, 3.05) is 19.7 Å². The molecule has 2 unspecified atom stereocenters. The number of carbonyl (C=O) groups excluding carboxylic acids is 1. The van der Waals surface area contributed by atoms with Crippen LogP contribution in [0.15, 0.2) is 48.5 Å². The summed E-state index contributed by atoms with van der Waals surface area (Å²) in [6.07, 6.45) is 0.944. The Morgan fingerprint density at radius 1 is 1.24 bits per heavy atom. The van der Waals surface area contributed by atoms with Crippen LogP contribution in [-0.4, -0.2) is 31.6 Å². The maximum atomic E-state index is 12.1. The molecule has 2 N–H and O–H groups in total. The first kappa shape index (κ1) is 17.8. The van der Waals surface area contributed by atoms with Crippen molar-refractivity contribution >= 4 is 17.5 Å². The van der Waals surface area contributed by atoms with Gasteiger partial charge in [-0.3, -0.25) is 4.79 Å². The summed E-state index contributed by atoms with van der Waals surface area (Å²) in [5, 5.41) is 6.87. The van der Waals surface area contributed by atoms with Crippen LogP contribution in [0.2, 0.25) is 5.02 Å². The molecule has 0 aromatic heterocycles. The van der Waals surface area contributed by atoms with Crippen molar-refractivity contribution in [2.24, 2.45) is 5.92 Å². The van der Waals surface area contributed by atoms with Crippen LogP contribution in [0.5, 0.6) is 5.75 Å². The van der Waals surface area contributed by atoms with E-state index in [0.29, 0.717) is 16.7 Å². The number of benzene rings is 2. The van der Waals surface area contributed by atoms with E-state index in [4.69, 9.17) is 16.3 Å². The summed E-state index contributed by atoms with van der Waals surface area (Å²) < 4.78 is 5.61. The van der Waals surface area contributed by atoms with E-state index in [9.17, 15) is 4.79 Å². The number of nitrogens with one attached hydrogen (secondary N) is 2. The summed E-state index contributed by atoms with van der Waals surface area (Å²) in [4.78, 5) is 12.1. The van der Waals surface area contributed by atoms with Gasteiger partial charge in [0.25, 0.3) is 5.91 Å². The van der Waals surface area contributed by atoms with E-state index in [2.05, 4.69) is 17.6 Å². The van der Waals surface area contributed by atoms with Crippen LogP contribution in [0.25, 0.3) is 11.1 Å². The summed E-state index contributed by atoms with van der Waals surface area (Å²) in [6.45, 7) is 3.97. The molecule has 2 atom stereocenters. The van der Waals surface area contributed by atoms with Crippen molar-refractivity contribution in [2.45, 2.75) is 19.4 Å². The molecule has 1 heterocycles. The number of carbonyl (C=O) groups is 1. The second-order valence-corrected chi connectivity index (χ2v) is 6.85. The summed E-state index contributed by atoms with van der Waals surface area (Å²) in [6, 6.07) is 15.8. The SMILES string of the molecule is CC1CNCCC1NC(=O)COc1ccc(-c2ccccc2)cc1Cl. The third kappa shape index (κ3) is 4.74. The van der Waals surface area contributed by atoms with Crippen LogP contribution in [-0.2, 0) is 4.79 Å². The third-order valence-electron chi connectivity index (χ3n) is 4.53. The highest BCUT2D eigenvalue weighted by atomic mass is 35.5. The lowest BCUT2D eigenvalue weighted by Gasteiger charge is -2.30. The number of amides is 1. The van der Waals surface area contributed by atoms with Gasteiger partial charge < -0.3 is 15.4 Å². The largest absolute Gasteiger partial charge is 0.482 e. The smallest absolute Gasteiger partial charge is 0.258 e. The Labute approximate surface area is 153 Å². The minimum atomic E-state index is -0.109. The molecular formula is C20H23ClN2O2. The fourth-order valence-electron chi connectivity index (χ4n) is 3.05. The summed E-state index contributed by atoms with van der Waals surface area (Å²) in [5.74, 6) is 0.836. The number of hydrogen-bond acceptors (Lipinski definition) is 3. The van der Waals surface area contributed by atoms with Gasteiger partial charge in [-0.25, -0.2) is 0 Å². The summed E-state index contributed by atoms with van der Waals surface area (Å²) in [7, 11) is 0. The molecular weight excluding hydrogens is 336 g/mol. The van der Waals surface area contributed by atoms with Crippen LogP contribution < -0.4 is 15.4 Å². The standard InChI is InChI=1S/C20H23ClN2O2/c1-14-12-22-10-9-18(14)23-20(24)13-25-19-8-7-16(11-17(19)21)15-5-3-2-4-6-15/h2-8,11,14,18,22H,9-10,12-13H2,1H3,(H,23,24). The van der Waals surface area contributed by atoms with Gasteiger partial charge in [-0.2, -0.15) is 0 Å². The van der Waals surface area contributed by atoms with E-state index < -0.39 is 0 Å². The van der Waals surface area contributed by atoms with Crippen molar-refractivity contribution in [3.8, 4) is 16.9 Å². The molecule has 132 valence electrons. The van der Waals surface area contributed by atoms with E-state index in [1.807, 2.05) is 48.5 Å². The minimum Gasteiger partial charge on any atom is -0.482 e. The van der Waals surface area contributed by atoms with Crippen molar-refractivity contribution < 1.29 is 9.53 Å². The third-order valence-corrected chi connectivity index (χ3v) is 4.82. The van der Waals surface area contributed by atoms with Crippen LogP contribution in [0, 0.1) is 5.92 Å². The molecule has 0 saturated carbocycles. The lowest BCUT2D eigenvalue weighted by molar-refractivity contribution is -0.124. The number of halogens is 1. The topological polar surface area (TPSA) is 50.4 Å². The molecule has 0 bridgehead atoms. The average Bonchev–Trinajstić information content (AvgIpc) is 2.63. The number of rotatable bonds is 5. The molecule has 1 fully saturated rings. The zero-order chi connectivity index (χ0) is 17.6. The Kier molecular flexibility index (Phi) is 5.95. The molecule has 1 amide bonds. The highest BCUT2D eigenvalue weighted by Gasteiger charge is 2.22. The van der Waals surface area contributed by atoms with E-state index in [1.54, 1.807) is 0 Å². The predicted molar refractivity (Wildman–Crippen MR) is 101 cm³/mol. The molecule has 2 aromatic carbocycles. The maximum absolute atomic E-state index is 12.1. The Morgan fingerprint density at radius 3 is 2.76 bits per heavy atom. The number of hydrogen-bond donors (Lipinski definition) is 2. The lowest BCUT2D eigenvalue weighted by Crippen LogP contribution is -2.49.